The molecule has 9 heteroatoms. The number of anilines is 1. The van der Waals surface area contributed by atoms with Gasteiger partial charge in [0.25, 0.3) is 0 Å². The molecule has 1 saturated heterocycles. The molecular formula is C19H18F2N6O. The fourth-order valence-electron chi connectivity index (χ4n) is 3.08. The van der Waals surface area contributed by atoms with E-state index in [-0.39, 0.29) is 12.1 Å². The van der Waals surface area contributed by atoms with E-state index >= 15 is 0 Å². The molecule has 0 atom stereocenters. The number of amides is 1. The van der Waals surface area contributed by atoms with Crippen molar-refractivity contribution in [3.05, 3.63) is 59.4 Å². The van der Waals surface area contributed by atoms with Gasteiger partial charge >= 0.3 is 0 Å². The molecule has 0 aliphatic carbocycles. The Morgan fingerprint density at radius 1 is 1.14 bits per heavy atom. The zero-order valence-electron chi connectivity index (χ0n) is 15.0. The molecule has 3 aromatic rings. The zero-order valence-corrected chi connectivity index (χ0v) is 15.0. The minimum absolute atomic E-state index is 0.000000733. The second-order valence-corrected chi connectivity index (χ2v) is 6.49. The van der Waals surface area contributed by atoms with Crippen LogP contribution in [0.15, 0.2) is 36.4 Å². The first-order chi connectivity index (χ1) is 13.6. The van der Waals surface area contributed by atoms with E-state index in [2.05, 4.69) is 25.5 Å². The second-order valence-electron chi connectivity index (χ2n) is 6.49. The molecule has 1 aromatic carbocycles. The summed E-state index contributed by atoms with van der Waals surface area (Å²) in [6.45, 7) is 2.04. The zero-order chi connectivity index (χ0) is 19.5. The van der Waals surface area contributed by atoms with Crippen molar-refractivity contribution >= 4 is 23.4 Å². The first-order valence-corrected chi connectivity index (χ1v) is 8.97. The number of fused-ring (bicyclic) bond motifs is 1. The standard InChI is InChI=1S/C19H18F2N6O/c20-14-4-5-15(21)13(11-14)3-8-19(28)22-12-18-24-23-16-6-7-17(25-27(16)18)26-9-1-2-10-26/h3-8,11H,1-2,9-10,12H2,(H,22,28)/b8-3-. The van der Waals surface area contributed by atoms with Crippen LogP contribution in [-0.2, 0) is 11.3 Å². The largest absolute Gasteiger partial charge is 0.355 e. The van der Waals surface area contributed by atoms with Crippen LogP contribution in [0, 0.1) is 11.6 Å². The summed E-state index contributed by atoms with van der Waals surface area (Å²) in [6, 6.07) is 6.81. The molecule has 0 bridgehead atoms. The number of carbonyl (C=O) groups is 1. The van der Waals surface area contributed by atoms with Crippen LogP contribution in [0.4, 0.5) is 14.6 Å². The maximum absolute atomic E-state index is 13.6. The third kappa shape index (κ3) is 3.83. The van der Waals surface area contributed by atoms with Gasteiger partial charge in [-0.15, -0.1) is 15.3 Å². The van der Waals surface area contributed by atoms with Crippen molar-refractivity contribution in [1.29, 1.82) is 0 Å². The van der Waals surface area contributed by atoms with Crippen molar-refractivity contribution in [3.8, 4) is 0 Å². The molecule has 7 nitrogen and oxygen atoms in total. The van der Waals surface area contributed by atoms with Gasteiger partial charge in [0.05, 0.1) is 6.54 Å². The second kappa shape index (κ2) is 7.71. The Kier molecular flexibility index (Phi) is 4.96. The van der Waals surface area contributed by atoms with Gasteiger partial charge in [-0.25, -0.2) is 8.78 Å². The number of nitrogens with zero attached hydrogens (tertiary/aromatic N) is 5. The predicted octanol–water partition coefficient (Wildman–Crippen LogP) is 2.33. The van der Waals surface area contributed by atoms with Gasteiger partial charge in [0.1, 0.15) is 17.5 Å². The van der Waals surface area contributed by atoms with E-state index in [1.165, 1.54) is 6.08 Å². The molecule has 0 radical (unpaired) electrons. The number of benzene rings is 1. The summed E-state index contributed by atoms with van der Waals surface area (Å²) in [6.07, 6.45) is 4.65. The maximum Gasteiger partial charge on any atom is 0.244 e. The molecule has 0 saturated carbocycles. The Labute approximate surface area is 159 Å². The molecule has 3 heterocycles. The Morgan fingerprint density at radius 2 is 1.96 bits per heavy atom. The van der Waals surface area contributed by atoms with Crippen molar-refractivity contribution in [3.63, 3.8) is 0 Å². The van der Waals surface area contributed by atoms with Crippen LogP contribution in [0.25, 0.3) is 11.7 Å². The fourth-order valence-corrected chi connectivity index (χ4v) is 3.08. The van der Waals surface area contributed by atoms with Crippen LogP contribution in [0.2, 0.25) is 0 Å². The third-order valence-corrected chi connectivity index (χ3v) is 4.54. The third-order valence-electron chi connectivity index (χ3n) is 4.54. The average molecular weight is 384 g/mol. The van der Waals surface area contributed by atoms with Crippen molar-refractivity contribution < 1.29 is 13.6 Å². The summed E-state index contributed by atoms with van der Waals surface area (Å²) < 4.78 is 28.4. The summed E-state index contributed by atoms with van der Waals surface area (Å²) >= 11 is 0. The molecule has 1 aliphatic rings. The number of rotatable bonds is 5. The highest BCUT2D eigenvalue weighted by molar-refractivity contribution is 5.91. The highest BCUT2D eigenvalue weighted by atomic mass is 19.1. The molecule has 144 valence electrons. The highest BCUT2D eigenvalue weighted by Crippen LogP contribution is 2.18. The van der Waals surface area contributed by atoms with Crippen molar-refractivity contribution in [2.45, 2.75) is 19.4 Å². The maximum atomic E-state index is 13.6. The van der Waals surface area contributed by atoms with Crippen LogP contribution in [0.3, 0.4) is 0 Å². The topological polar surface area (TPSA) is 75.4 Å². The van der Waals surface area contributed by atoms with Gasteiger partial charge in [0, 0.05) is 24.7 Å². The Hall–Kier alpha value is -3.36. The molecule has 1 N–H and O–H groups in total. The van der Waals surface area contributed by atoms with E-state index in [0.717, 1.165) is 56.0 Å². The van der Waals surface area contributed by atoms with Gasteiger partial charge in [-0.3, -0.25) is 4.79 Å². The van der Waals surface area contributed by atoms with Crippen molar-refractivity contribution in [1.82, 2.24) is 25.1 Å². The lowest BCUT2D eigenvalue weighted by molar-refractivity contribution is -0.116. The summed E-state index contributed by atoms with van der Waals surface area (Å²) in [4.78, 5) is 14.2. The molecular weight excluding hydrogens is 366 g/mol. The van der Waals surface area contributed by atoms with E-state index < -0.39 is 17.5 Å². The Bertz CT molecular complexity index is 1040. The van der Waals surface area contributed by atoms with E-state index in [1.807, 2.05) is 12.1 Å². The van der Waals surface area contributed by atoms with Crippen LogP contribution >= 0.6 is 0 Å². The lowest BCUT2D eigenvalue weighted by Gasteiger charge is -2.15. The van der Waals surface area contributed by atoms with Crippen LogP contribution in [-0.4, -0.2) is 38.8 Å². The van der Waals surface area contributed by atoms with Gasteiger partial charge in [0.2, 0.25) is 5.91 Å². The smallest absolute Gasteiger partial charge is 0.244 e. The Morgan fingerprint density at radius 3 is 2.79 bits per heavy atom. The lowest BCUT2D eigenvalue weighted by atomic mass is 10.2. The Balaban J connectivity index is 1.44. The number of carbonyl (C=O) groups excluding carboxylic acids is 1. The van der Waals surface area contributed by atoms with Gasteiger partial charge in [-0.1, -0.05) is 0 Å². The summed E-state index contributed by atoms with van der Waals surface area (Å²) in [5, 5.41) is 15.3. The van der Waals surface area contributed by atoms with Crippen molar-refractivity contribution in [2.75, 3.05) is 18.0 Å². The number of aromatic nitrogens is 4. The fraction of sp³-hybridized carbons (Fsp3) is 0.263. The van der Waals surface area contributed by atoms with Crippen LogP contribution in [0.5, 0.6) is 0 Å². The molecule has 4 rings (SSSR count). The lowest BCUT2D eigenvalue weighted by Crippen LogP contribution is -2.23. The van der Waals surface area contributed by atoms with Gasteiger partial charge in [0.15, 0.2) is 11.5 Å². The minimum Gasteiger partial charge on any atom is -0.355 e. The normalized spacial score (nSPS) is 14.3. The molecule has 0 spiro atoms. The predicted molar refractivity (Wildman–Crippen MR) is 99.5 cm³/mol. The van der Waals surface area contributed by atoms with E-state index in [0.29, 0.717) is 11.5 Å². The summed E-state index contributed by atoms with van der Waals surface area (Å²) in [7, 11) is 0. The quantitative estimate of drug-likeness (QED) is 0.684. The van der Waals surface area contributed by atoms with E-state index in [9.17, 15) is 13.6 Å². The number of hydrogen-bond acceptors (Lipinski definition) is 5. The molecule has 2 aromatic heterocycles. The minimum atomic E-state index is -0.604. The van der Waals surface area contributed by atoms with Crippen LogP contribution in [0.1, 0.15) is 24.2 Å². The first kappa shape index (κ1) is 18.0. The van der Waals surface area contributed by atoms with Crippen LogP contribution < -0.4 is 10.2 Å². The molecule has 1 amide bonds. The molecule has 28 heavy (non-hydrogen) atoms. The van der Waals surface area contributed by atoms with Gasteiger partial charge in [-0.05, 0) is 49.2 Å². The molecule has 1 fully saturated rings. The van der Waals surface area contributed by atoms with E-state index in [4.69, 9.17) is 0 Å². The number of halogens is 2. The summed E-state index contributed by atoms with van der Waals surface area (Å²) in [5.74, 6) is -0.312. The number of nitrogens with one attached hydrogen (secondary N) is 1. The van der Waals surface area contributed by atoms with E-state index in [1.54, 1.807) is 4.52 Å². The molecule has 0 unspecified atom stereocenters. The molecule has 1 aliphatic heterocycles. The van der Waals surface area contributed by atoms with Gasteiger partial charge in [-0.2, -0.15) is 4.52 Å². The van der Waals surface area contributed by atoms with Crippen molar-refractivity contribution in [2.24, 2.45) is 0 Å². The van der Waals surface area contributed by atoms with Gasteiger partial charge < -0.3 is 10.2 Å². The highest BCUT2D eigenvalue weighted by Gasteiger charge is 2.15. The first-order valence-electron chi connectivity index (χ1n) is 8.97. The average Bonchev–Trinajstić information content (AvgIpc) is 3.36. The summed E-state index contributed by atoms with van der Waals surface area (Å²) in [5.41, 5.74) is 0.588. The SMILES string of the molecule is O=C(/C=C\c1cc(F)ccc1F)NCc1nnc2ccc(N3CCCC3)nn12. The monoisotopic (exact) mass is 384 g/mol. The number of hydrogen-bond donors (Lipinski definition) is 1.